The zero-order valence-electron chi connectivity index (χ0n) is 17.4. The second kappa shape index (κ2) is 7.51. The van der Waals surface area contributed by atoms with E-state index in [-0.39, 0.29) is 23.3 Å². The Kier molecular flexibility index (Phi) is 5.44. The van der Waals surface area contributed by atoms with Crippen molar-refractivity contribution in [2.24, 2.45) is 0 Å². The lowest BCUT2D eigenvalue weighted by molar-refractivity contribution is -0.115. The van der Waals surface area contributed by atoms with Crippen LogP contribution in [0.2, 0.25) is 0 Å². The zero-order chi connectivity index (χ0) is 20.5. The number of carbonyl (C=O) groups is 1. The summed E-state index contributed by atoms with van der Waals surface area (Å²) in [4.78, 5) is 17.3. The van der Waals surface area contributed by atoms with Crippen molar-refractivity contribution in [2.45, 2.75) is 58.9 Å². The molecule has 0 saturated heterocycles. The highest BCUT2D eigenvalue weighted by molar-refractivity contribution is 7.13. The fourth-order valence-corrected chi connectivity index (χ4v) is 3.63. The van der Waals surface area contributed by atoms with Crippen LogP contribution in [0, 0.1) is 0 Å². The van der Waals surface area contributed by atoms with Crippen LogP contribution in [0.25, 0.3) is 10.6 Å². The number of rotatable bonds is 4. The summed E-state index contributed by atoms with van der Waals surface area (Å²) in [6.07, 6.45) is 0.240. The van der Waals surface area contributed by atoms with Crippen LogP contribution in [-0.2, 0) is 22.2 Å². The number of nitrogens with zero attached hydrogens (tertiary/aromatic N) is 3. The lowest BCUT2D eigenvalue weighted by atomic mass is 9.92. The van der Waals surface area contributed by atoms with Crippen LogP contribution < -0.4 is 5.32 Å². The summed E-state index contributed by atoms with van der Waals surface area (Å²) in [5, 5.41) is 10.7. The van der Waals surface area contributed by atoms with E-state index in [1.165, 1.54) is 0 Å². The molecule has 0 aliphatic carbocycles. The summed E-state index contributed by atoms with van der Waals surface area (Å²) in [6.45, 7) is 12.6. The van der Waals surface area contributed by atoms with Gasteiger partial charge in [0.05, 0.1) is 23.3 Å². The SMILES string of the molecule is CC(C)(C)c1cc(NC(=O)Cc2csc(-c3ccccc3)n2)n(C(C)(C)C)n1. The molecule has 0 fully saturated rings. The second-order valence-electron chi connectivity index (χ2n) is 8.98. The third-order valence-electron chi connectivity index (χ3n) is 4.29. The zero-order valence-corrected chi connectivity index (χ0v) is 18.2. The Hall–Kier alpha value is -2.47. The second-order valence-corrected chi connectivity index (χ2v) is 9.84. The third kappa shape index (κ3) is 4.68. The molecule has 3 rings (SSSR count). The predicted octanol–water partition coefficient (Wildman–Crippen LogP) is 5.24. The number of carbonyl (C=O) groups excluding carboxylic acids is 1. The Labute approximate surface area is 170 Å². The highest BCUT2D eigenvalue weighted by Crippen LogP contribution is 2.28. The number of anilines is 1. The van der Waals surface area contributed by atoms with Gasteiger partial charge in [-0.15, -0.1) is 11.3 Å². The van der Waals surface area contributed by atoms with Gasteiger partial charge in [0.1, 0.15) is 10.8 Å². The normalized spacial score (nSPS) is 12.2. The van der Waals surface area contributed by atoms with Gasteiger partial charge in [-0.25, -0.2) is 9.67 Å². The first-order valence-electron chi connectivity index (χ1n) is 9.45. The smallest absolute Gasteiger partial charge is 0.231 e. The van der Waals surface area contributed by atoms with Gasteiger partial charge in [-0.05, 0) is 20.8 Å². The molecule has 1 amide bonds. The molecular weight excluding hydrogens is 368 g/mol. The molecule has 3 aromatic rings. The summed E-state index contributed by atoms with van der Waals surface area (Å²) >= 11 is 1.56. The van der Waals surface area contributed by atoms with Crippen molar-refractivity contribution in [2.75, 3.05) is 5.32 Å². The number of thiazole rings is 1. The van der Waals surface area contributed by atoms with E-state index >= 15 is 0 Å². The van der Waals surface area contributed by atoms with E-state index in [2.05, 4.69) is 51.8 Å². The molecule has 0 saturated carbocycles. The van der Waals surface area contributed by atoms with Crippen LogP contribution in [0.5, 0.6) is 0 Å². The predicted molar refractivity (Wildman–Crippen MR) is 116 cm³/mol. The molecule has 28 heavy (non-hydrogen) atoms. The van der Waals surface area contributed by atoms with Crippen molar-refractivity contribution in [1.29, 1.82) is 0 Å². The summed E-state index contributed by atoms with van der Waals surface area (Å²) < 4.78 is 1.89. The first-order chi connectivity index (χ1) is 13.0. The summed E-state index contributed by atoms with van der Waals surface area (Å²) in [6, 6.07) is 12.0. The first-order valence-corrected chi connectivity index (χ1v) is 10.3. The molecule has 6 heteroatoms. The lowest BCUT2D eigenvalue weighted by Gasteiger charge is -2.23. The van der Waals surface area contributed by atoms with Gasteiger partial charge < -0.3 is 5.32 Å². The van der Waals surface area contributed by atoms with Gasteiger partial charge in [0.25, 0.3) is 0 Å². The number of nitrogens with one attached hydrogen (secondary N) is 1. The van der Waals surface area contributed by atoms with E-state index in [0.29, 0.717) is 0 Å². The number of benzene rings is 1. The number of amides is 1. The van der Waals surface area contributed by atoms with E-state index in [1.54, 1.807) is 11.3 Å². The number of hydrogen-bond donors (Lipinski definition) is 1. The molecular formula is C22H28N4OS. The Morgan fingerprint density at radius 1 is 1.11 bits per heavy atom. The molecule has 0 aliphatic heterocycles. The molecule has 5 nitrogen and oxygen atoms in total. The summed E-state index contributed by atoms with van der Waals surface area (Å²) in [5.74, 6) is 0.636. The van der Waals surface area contributed by atoms with E-state index in [9.17, 15) is 4.79 Å². The van der Waals surface area contributed by atoms with Crippen molar-refractivity contribution < 1.29 is 4.79 Å². The fraction of sp³-hybridized carbons (Fsp3) is 0.409. The van der Waals surface area contributed by atoms with Crippen molar-refractivity contribution in [1.82, 2.24) is 14.8 Å². The van der Waals surface area contributed by atoms with Gasteiger partial charge in [0.2, 0.25) is 5.91 Å². The minimum atomic E-state index is -0.229. The highest BCUT2D eigenvalue weighted by atomic mass is 32.1. The minimum Gasteiger partial charge on any atom is -0.311 e. The molecule has 0 radical (unpaired) electrons. The van der Waals surface area contributed by atoms with Gasteiger partial charge in [-0.3, -0.25) is 4.79 Å². The molecule has 148 valence electrons. The maximum absolute atomic E-state index is 12.7. The summed E-state index contributed by atoms with van der Waals surface area (Å²) in [7, 11) is 0. The Bertz CT molecular complexity index is 959. The van der Waals surface area contributed by atoms with Crippen LogP contribution in [0.4, 0.5) is 5.82 Å². The Morgan fingerprint density at radius 2 is 1.79 bits per heavy atom. The van der Waals surface area contributed by atoms with Gasteiger partial charge in [0, 0.05) is 22.4 Å². The van der Waals surface area contributed by atoms with Gasteiger partial charge >= 0.3 is 0 Å². The van der Waals surface area contributed by atoms with Crippen molar-refractivity contribution >= 4 is 23.1 Å². The molecule has 0 atom stereocenters. The molecule has 0 unspecified atom stereocenters. The minimum absolute atomic E-state index is 0.0872. The topological polar surface area (TPSA) is 59.8 Å². The van der Waals surface area contributed by atoms with Crippen molar-refractivity contribution in [3.63, 3.8) is 0 Å². The molecule has 0 spiro atoms. The number of aromatic nitrogens is 3. The van der Waals surface area contributed by atoms with Crippen LogP contribution in [-0.4, -0.2) is 20.7 Å². The Balaban J connectivity index is 1.77. The maximum Gasteiger partial charge on any atom is 0.231 e. The van der Waals surface area contributed by atoms with Crippen LogP contribution >= 0.6 is 11.3 Å². The maximum atomic E-state index is 12.7. The molecule has 2 aromatic heterocycles. The van der Waals surface area contributed by atoms with E-state index in [0.717, 1.165) is 27.8 Å². The average Bonchev–Trinajstić information content (AvgIpc) is 3.22. The van der Waals surface area contributed by atoms with Gasteiger partial charge in [-0.2, -0.15) is 5.10 Å². The average molecular weight is 397 g/mol. The molecule has 0 bridgehead atoms. The highest BCUT2D eigenvalue weighted by Gasteiger charge is 2.25. The largest absolute Gasteiger partial charge is 0.311 e. The van der Waals surface area contributed by atoms with E-state index < -0.39 is 0 Å². The van der Waals surface area contributed by atoms with Crippen molar-refractivity contribution in [3.05, 3.63) is 53.2 Å². The van der Waals surface area contributed by atoms with E-state index in [1.807, 2.05) is 46.5 Å². The first kappa shape index (κ1) is 20.3. The van der Waals surface area contributed by atoms with Gasteiger partial charge in [-0.1, -0.05) is 51.1 Å². The number of hydrogen-bond acceptors (Lipinski definition) is 4. The Morgan fingerprint density at radius 3 is 2.39 bits per heavy atom. The third-order valence-corrected chi connectivity index (χ3v) is 5.24. The van der Waals surface area contributed by atoms with Gasteiger partial charge in [0.15, 0.2) is 0 Å². The van der Waals surface area contributed by atoms with Crippen LogP contribution in [0.15, 0.2) is 41.8 Å². The molecule has 0 aliphatic rings. The quantitative estimate of drug-likeness (QED) is 0.656. The standard InChI is InChI=1S/C22H28N4OS/c1-21(2,3)17-13-18(26(25-17)22(4,5)6)24-19(27)12-16-14-28-20(23-16)15-10-8-7-9-11-15/h7-11,13-14H,12H2,1-6H3,(H,24,27). The lowest BCUT2D eigenvalue weighted by Crippen LogP contribution is -2.27. The van der Waals surface area contributed by atoms with E-state index in [4.69, 9.17) is 5.10 Å². The van der Waals surface area contributed by atoms with Crippen LogP contribution in [0.3, 0.4) is 0 Å². The summed E-state index contributed by atoms with van der Waals surface area (Å²) in [5.41, 5.74) is 2.49. The van der Waals surface area contributed by atoms with Crippen molar-refractivity contribution in [3.8, 4) is 10.6 Å². The monoisotopic (exact) mass is 396 g/mol. The molecule has 1 aromatic carbocycles. The molecule has 1 N–H and O–H groups in total. The fourth-order valence-electron chi connectivity index (χ4n) is 2.80. The molecule has 2 heterocycles. The van der Waals surface area contributed by atoms with Crippen LogP contribution in [0.1, 0.15) is 52.9 Å².